The van der Waals surface area contributed by atoms with Gasteiger partial charge < -0.3 is 19.9 Å². The first-order valence-electron chi connectivity index (χ1n) is 11.0. The van der Waals surface area contributed by atoms with Gasteiger partial charge in [0.15, 0.2) is 0 Å². The summed E-state index contributed by atoms with van der Waals surface area (Å²) in [5.41, 5.74) is 1.93. The molecule has 1 saturated heterocycles. The quantitative estimate of drug-likeness (QED) is 0.622. The predicted octanol–water partition coefficient (Wildman–Crippen LogP) is 4.48. The van der Waals surface area contributed by atoms with Gasteiger partial charge in [-0.05, 0) is 87.7 Å². The first kappa shape index (κ1) is 23.1. The van der Waals surface area contributed by atoms with Gasteiger partial charge in [0.25, 0.3) is 0 Å². The molecule has 0 spiro atoms. The number of allylic oxidation sites excluding steroid dienone is 2. The fourth-order valence-electron chi connectivity index (χ4n) is 3.89. The normalized spacial score (nSPS) is 19.6. The van der Waals surface area contributed by atoms with Crippen molar-refractivity contribution in [1.29, 1.82) is 0 Å². The van der Waals surface area contributed by atoms with Crippen molar-refractivity contribution in [2.45, 2.75) is 38.8 Å². The summed E-state index contributed by atoms with van der Waals surface area (Å²) < 4.78 is 19.0. The van der Waals surface area contributed by atoms with Gasteiger partial charge in [0.2, 0.25) is 0 Å². The Hall–Kier alpha value is -2.60. The summed E-state index contributed by atoms with van der Waals surface area (Å²) in [6.45, 7) is 9.31. The highest BCUT2D eigenvalue weighted by Crippen LogP contribution is 2.20. The third kappa shape index (κ3) is 7.24. The summed E-state index contributed by atoms with van der Waals surface area (Å²) in [6, 6.07) is 6.54. The molecule has 0 saturated carbocycles. The fourth-order valence-corrected chi connectivity index (χ4v) is 3.89. The van der Waals surface area contributed by atoms with Crippen LogP contribution in [0.3, 0.4) is 0 Å². The van der Waals surface area contributed by atoms with Crippen LogP contribution in [-0.2, 0) is 11.3 Å². The predicted molar refractivity (Wildman–Crippen MR) is 122 cm³/mol. The zero-order chi connectivity index (χ0) is 22.2. The number of nitrogens with zero attached hydrogens (tertiary/aromatic N) is 2. The Morgan fingerprint density at radius 3 is 2.61 bits per heavy atom. The Kier molecular flexibility index (Phi) is 8.29. The maximum atomic E-state index is 13.3. The highest BCUT2D eigenvalue weighted by atomic mass is 19.1. The van der Waals surface area contributed by atoms with Crippen LogP contribution >= 0.6 is 0 Å². The van der Waals surface area contributed by atoms with E-state index in [1.54, 1.807) is 12.1 Å². The third-order valence-electron chi connectivity index (χ3n) is 5.81. The lowest BCUT2D eigenvalue weighted by atomic mass is 10.00. The van der Waals surface area contributed by atoms with Gasteiger partial charge in [-0.15, -0.1) is 0 Å². The second kappa shape index (κ2) is 11.1. The minimum atomic E-state index is -0.261. The number of nitrogens with one attached hydrogen (secondary N) is 1. The molecule has 1 N–H and O–H groups in total. The fraction of sp³-hybridized carbons (Fsp3) is 0.480. The van der Waals surface area contributed by atoms with Crippen LogP contribution in [0.5, 0.6) is 0 Å². The van der Waals surface area contributed by atoms with Crippen molar-refractivity contribution in [3.63, 3.8) is 0 Å². The van der Waals surface area contributed by atoms with Crippen molar-refractivity contribution in [2.24, 2.45) is 5.92 Å². The summed E-state index contributed by atoms with van der Waals surface area (Å²) in [5, 5.41) is 3.12. The van der Waals surface area contributed by atoms with Crippen LogP contribution in [0.15, 0.2) is 60.4 Å². The lowest BCUT2D eigenvalue weighted by Gasteiger charge is -2.37. The molecule has 1 atom stereocenters. The molecule has 6 heteroatoms. The molecule has 1 heterocycles. The number of halogens is 1. The summed E-state index contributed by atoms with van der Waals surface area (Å²) in [7, 11) is 2.11. The first-order chi connectivity index (χ1) is 14.9. The topological polar surface area (TPSA) is 44.8 Å². The van der Waals surface area contributed by atoms with Gasteiger partial charge in [0, 0.05) is 19.1 Å². The molecule has 1 aromatic rings. The molecule has 0 aromatic heterocycles. The smallest absolute Gasteiger partial charge is 0.317 e. The molecule has 3 rings (SSSR count). The molecular weight excluding hydrogens is 393 g/mol. The maximum absolute atomic E-state index is 13.3. The molecule has 1 aromatic carbocycles. The molecule has 1 fully saturated rings. The van der Waals surface area contributed by atoms with Crippen LogP contribution in [0.25, 0.3) is 0 Å². The van der Waals surface area contributed by atoms with Crippen molar-refractivity contribution in [3.8, 4) is 0 Å². The Bertz CT molecular complexity index is 811. The Labute approximate surface area is 185 Å². The number of carbonyl (C=O) groups excluding carboxylic acids is 1. The van der Waals surface area contributed by atoms with E-state index in [0.717, 1.165) is 49.2 Å². The van der Waals surface area contributed by atoms with Gasteiger partial charge in [-0.2, -0.15) is 0 Å². The molecule has 2 amide bonds. The molecule has 1 aliphatic carbocycles. The van der Waals surface area contributed by atoms with Crippen molar-refractivity contribution < 1.29 is 13.9 Å². The van der Waals surface area contributed by atoms with Gasteiger partial charge in [0.1, 0.15) is 18.2 Å². The van der Waals surface area contributed by atoms with Crippen LogP contribution in [0.4, 0.5) is 9.18 Å². The summed E-state index contributed by atoms with van der Waals surface area (Å²) in [4.78, 5) is 17.3. The number of amides is 2. The van der Waals surface area contributed by atoms with Crippen LogP contribution in [-0.4, -0.2) is 55.2 Å². The van der Waals surface area contributed by atoms with E-state index in [9.17, 15) is 9.18 Å². The zero-order valence-corrected chi connectivity index (χ0v) is 18.6. The molecule has 31 heavy (non-hydrogen) atoms. The zero-order valence-electron chi connectivity index (χ0n) is 18.6. The standard InChI is InChI=1S/C25H34FN3O2/c1-19(2)18-31-24-10-6-20(7-11-24)16-27-25(30)29(23-12-14-28(3)15-13-23)17-21-4-8-22(26)9-5-21/h4-6,8-11,20,23H,1,7,12-18H2,2-3H3,(H,27,30). The molecule has 0 bridgehead atoms. The highest BCUT2D eigenvalue weighted by Gasteiger charge is 2.27. The van der Waals surface area contributed by atoms with E-state index in [1.165, 1.54) is 12.1 Å². The van der Waals surface area contributed by atoms with E-state index < -0.39 is 0 Å². The van der Waals surface area contributed by atoms with Crippen molar-refractivity contribution in [3.05, 3.63) is 71.8 Å². The minimum Gasteiger partial charge on any atom is -0.490 e. The highest BCUT2D eigenvalue weighted by molar-refractivity contribution is 5.74. The van der Waals surface area contributed by atoms with E-state index in [2.05, 4.69) is 36.0 Å². The second-order valence-corrected chi connectivity index (χ2v) is 8.68. The van der Waals surface area contributed by atoms with Crippen LogP contribution in [0.1, 0.15) is 31.7 Å². The van der Waals surface area contributed by atoms with Gasteiger partial charge in [-0.1, -0.05) is 24.8 Å². The number of hydrogen-bond donors (Lipinski definition) is 1. The van der Waals surface area contributed by atoms with Crippen LogP contribution in [0, 0.1) is 11.7 Å². The molecule has 1 aliphatic heterocycles. The number of benzene rings is 1. The maximum Gasteiger partial charge on any atom is 0.317 e. The molecule has 0 radical (unpaired) electrons. The largest absolute Gasteiger partial charge is 0.490 e. The van der Waals surface area contributed by atoms with E-state index in [0.29, 0.717) is 19.7 Å². The summed E-state index contributed by atoms with van der Waals surface area (Å²) in [5.74, 6) is 0.837. The third-order valence-corrected chi connectivity index (χ3v) is 5.81. The van der Waals surface area contributed by atoms with E-state index >= 15 is 0 Å². The number of hydrogen-bond acceptors (Lipinski definition) is 3. The number of rotatable bonds is 8. The molecular formula is C25H34FN3O2. The lowest BCUT2D eigenvalue weighted by molar-refractivity contribution is 0.126. The van der Waals surface area contributed by atoms with E-state index in [1.807, 2.05) is 17.9 Å². The summed E-state index contributed by atoms with van der Waals surface area (Å²) >= 11 is 0. The first-order valence-corrected chi connectivity index (χ1v) is 11.0. The Balaban J connectivity index is 1.56. The molecule has 1 unspecified atom stereocenters. The average Bonchev–Trinajstić information content (AvgIpc) is 2.77. The van der Waals surface area contributed by atoms with Crippen LogP contribution in [0.2, 0.25) is 0 Å². The monoisotopic (exact) mass is 427 g/mol. The Morgan fingerprint density at radius 2 is 2.00 bits per heavy atom. The molecule has 168 valence electrons. The lowest BCUT2D eigenvalue weighted by Crippen LogP contribution is -2.50. The number of urea groups is 1. The SMILES string of the molecule is C=C(C)COC1=CCC(CNC(=O)N(Cc2ccc(F)cc2)C2CCN(C)CC2)C=C1. The van der Waals surface area contributed by atoms with Gasteiger partial charge in [-0.25, -0.2) is 9.18 Å². The summed E-state index contributed by atoms with van der Waals surface area (Å²) in [6.07, 6.45) is 8.84. The van der Waals surface area contributed by atoms with E-state index in [4.69, 9.17) is 4.74 Å². The van der Waals surface area contributed by atoms with Gasteiger partial charge in [-0.3, -0.25) is 0 Å². The van der Waals surface area contributed by atoms with Crippen molar-refractivity contribution in [1.82, 2.24) is 15.1 Å². The second-order valence-electron chi connectivity index (χ2n) is 8.68. The molecule has 2 aliphatic rings. The van der Waals surface area contributed by atoms with Crippen molar-refractivity contribution in [2.75, 3.05) is 33.3 Å². The number of ether oxygens (including phenoxy) is 1. The average molecular weight is 428 g/mol. The van der Waals surface area contributed by atoms with Gasteiger partial charge >= 0.3 is 6.03 Å². The van der Waals surface area contributed by atoms with Crippen LogP contribution < -0.4 is 5.32 Å². The number of likely N-dealkylation sites (tertiary alicyclic amines) is 1. The Morgan fingerprint density at radius 1 is 1.29 bits per heavy atom. The number of piperidine rings is 1. The van der Waals surface area contributed by atoms with E-state index in [-0.39, 0.29) is 23.8 Å². The van der Waals surface area contributed by atoms with Gasteiger partial charge in [0.05, 0.1) is 0 Å². The van der Waals surface area contributed by atoms with Crippen molar-refractivity contribution >= 4 is 6.03 Å². The number of carbonyl (C=O) groups is 1. The molecule has 5 nitrogen and oxygen atoms in total. The minimum absolute atomic E-state index is 0.0550.